The van der Waals surface area contributed by atoms with Gasteiger partial charge in [-0.3, -0.25) is 9.59 Å². The minimum absolute atomic E-state index is 0.0602. The van der Waals surface area contributed by atoms with Gasteiger partial charge in [-0.1, -0.05) is 0 Å². The van der Waals surface area contributed by atoms with Gasteiger partial charge in [0.1, 0.15) is 5.75 Å². The number of piperidine rings is 1. The highest BCUT2D eigenvalue weighted by molar-refractivity contribution is 7.09. The third-order valence-corrected chi connectivity index (χ3v) is 6.25. The standard InChI is InChI=1S/C21H27N3O3S/c1-15-19(28-14-23-15)7-8-20(25)22-13-16-9-11-24(12-10-16)21(26)17-3-5-18(27-2)6-4-17/h3-6,14,16H,7-13H2,1-2H3,(H,22,25). The van der Waals surface area contributed by atoms with Gasteiger partial charge >= 0.3 is 0 Å². The summed E-state index contributed by atoms with van der Waals surface area (Å²) in [6.45, 7) is 4.12. The average molecular weight is 402 g/mol. The lowest BCUT2D eigenvalue weighted by atomic mass is 9.96. The maximum absolute atomic E-state index is 12.6. The summed E-state index contributed by atoms with van der Waals surface area (Å²) < 4.78 is 5.14. The number of likely N-dealkylation sites (tertiary alicyclic amines) is 1. The van der Waals surface area contributed by atoms with E-state index in [0.717, 1.165) is 43.8 Å². The van der Waals surface area contributed by atoms with Crippen LogP contribution in [0.4, 0.5) is 0 Å². The molecule has 0 saturated carbocycles. The zero-order valence-corrected chi connectivity index (χ0v) is 17.3. The third-order valence-electron chi connectivity index (χ3n) is 5.25. The Morgan fingerprint density at radius 3 is 2.57 bits per heavy atom. The van der Waals surface area contributed by atoms with Gasteiger partial charge in [-0.15, -0.1) is 11.3 Å². The summed E-state index contributed by atoms with van der Waals surface area (Å²) in [5, 5.41) is 3.05. The van der Waals surface area contributed by atoms with Crippen LogP contribution >= 0.6 is 11.3 Å². The molecule has 0 aliphatic carbocycles. The molecule has 0 spiro atoms. The van der Waals surface area contributed by atoms with Gasteiger partial charge < -0.3 is 15.0 Å². The Morgan fingerprint density at radius 2 is 1.96 bits per heavy atom. The van der Waals surface area contributed by atoms with Gasteiger partial charge in [0.05, 0.1) is 18.3 Å². The predicted octanol–water partition coefficient (Wildman–Crippen LogP) is 3.06. The lowest BCUT2D eigenvalue weighted by molar-refractivity contribution is -0.121. The fourth-order valence-electron chi connectivity index (χ4n) is 3.40. The molecule has 0 radical (unpaired) electrons. The van der Waals surface area contributed by atoms with Crippen LogP contribution < -0.4 is 10.1 Å². The number of thiazole rings is 1. The number of aryl methyl sites for hydroxylation is 2. The maximum atomic E-state index is 12.6. The molecule has 1 N–H and O–H groups in total. The van der Waals surface area contributed by atoms with Crippen LogP contribution in [0.2, 0.25) is 0 Å². The van der Waals surface area contributed by atoms with Crippen molar-refractivity contribution in [3.63, 3.8) is 0 Å². The first-order chi connectivity index (χ1) is 13.6. The summed E-state index contributed by atoms with van der Waals surface area (Å²) in [6, 6.07) is 7.23. The van der Waals surface area contributed by atoms with E-state index in [1.54, 1.807) is 30.6 Å². The Balaban J connectivity index is 1.38. The second-order valence-corrected chi connectivity index (χ2v) is 8.07. The number of ether oxygens (including phenoxy) is 1. The highest BCUT2D eigenvalue weighted by Gasteiger charge is 2.24. The lowest BCUT2D eigenvalue weighted by Crippen LogP contribution is -2.41. The first-order valence-corrected chi connectivity index (χ1v) is 10.5. The van der Waals surface area contributed by atoms with Gasteiger partial charge in [0, 0.05) is 36.5 Å². The largest absolute Gasteiger partial charge is 0.497 e. The number of nitrogens with one attached hydrogen (secondary N) is 1. The van der Waals surface area contributed by atoms with Crippen molar-refractivity contribution in [2.75, 3.05) is 26.7 Å². The van der Waals surface area contributed by atoms with E-state index in [1.165, 1.54) is 4.88 Å². The molecule has 28 heavy (non-hydrogen) atoms. The fourth-order valence-corrected chi connectivity index (χ4v) is 4.18. The summed E-state index contributed by atoms with van der Waals surface area (Å²) in [4.78, 5) is 32.0. The van der Waals surface area contributed by atoms with Crippen LogP contribution in [0.5, 0.6) is 5.75 Å². The average Bonchev–Trinajstić information content (AvgIpc) is 3.15. The van der Waals surface area contributed by atoms with Gasteiger partial charge in [-0.05, 0) is 56.4 Å². The number of nitrogens with zero attached hydrogens (tertiary/aromatic N) is 2. The van der Waals surface area contributed by atoms with Crippen LogP contribution in [0.3, 0.4) is 0 Å². The summed E-state index contributed by atoms with van der Waals surface area (Å²) in [5.74, 6) is 1.32. The number of rotatable bonds is 7. The fraction of sp³-hybridized carbons (Fsp3) is 0.476. The van der Waals surface area contributed by atoms with E-state index in [0.29, 0.717) is 24.4 Å². The number of carbonyl (C=O) groups excluding carboxylic acids is 2. The highest BCUT2D eigenvalue weighted by Crippen LogP contribution is 2.20. The third kappa shape index (κ3) is 5.32. The van der Waals surface area contributed by atoms with Crippen LogP contribution in [0, 0.1) is 12.8 Å². The molecule has 1 aliphatic rings. The number of methoxy groups -OCH3 is 1. The molecule has 0 atom stereocenters. The molecule has 1 fully saturated rings. The van der Waals surface area contributed by atoms with E-state index in [9.17, 15) is 9.59 Å². The minimum atomic E-state index is 0.0602. The Kier molecular flexibility index (Phi) is 7.03. The first-order valence-electron chi connectivity index (χ1n) is 9.66. The predicted molar refractivity (Wildman–Crippen MR) is 110 cm³/mol. The van der Waals surface area contributed by atoms with E-state index in [1.807, 2.05) is 29.5 Å². The molecule has 2 heterocycles. The molecule has 1 aromatic heterocycles. The zero-order chi connectivity index (χ0) is 19.9. The highest BCUT2D eigenvalue weighted by atomic mass is 32.1. The van der Waals surface area contributed by atoms with Crippen molar-refractivity contribution in [3.05, 3.63) is 45.9 Å². The number of aromatic nitrogens is 1. The topological polar surface area (TPSA) is 71.5 Å². The van der Waals surface area contributed by atoms with Crippen molar-refractivity contribution in [1.82, 2.24) is 15.2 Å². The number of hydrogen-bond acceptors (Lipinski definition) is 5. The number of carbonyl (C=O) groups is 2. The van der Waals surface area contributed by atoms with Gasteiger partial charge in [0.15, 0.2) is 0 Å². The van der Waals surface area contributed by atoms with Crippen LogP contribution in [0.15, 0.2) is 29.8 Å². The Hall–Kier alpha value is -2.41. The zero-order valence-electron chi connectivity index (χ0n) is 16.4. The Labute approximate surface area is 169 Å². The van der Waals surface area contributed by atoms with E-state index < -0.39 is 0 Å². The minimum Gasteiger partial charge on any atom is -0.497 e. The van der Waals surface area contributed by atoms with Crippen LogP contribution in [-0.2, 0) is 11.2 Å². The molecular weight excluding hydrogens is 374 g/mol. The van der Waals surface area contributed by atoms with E-state index in [2.05, 4.69) is 10.3 Å². The Morgan fingerprint density at radius 1 is 1.25 bits per heavy atom. The van der Waals surface area contributed by atoms with E-state index in [4.69, 9.17) is 4.74 Å². The van der Waals surface area contributed by atoms with Crippen molar-refractivity contribution in [1.29, 1.82) is 0 Å². The van der Waals surface area contributed by atoms with Crippen LogP contribution in [-0.4, -0.2) is 48.4 Å². The molecule has 3 rings (SSSR count). The molecule has 0 unspecified atom stereocenters. The van der Waals surface area contributed by atoms with Crippen molar-refractivity contribution in [2.24, 2.45) is 5.92 Å². The normalized spacial score (nSPS) is 14.7. The molecule has 1 aliphatic heterocycles. The van der Waals surface area contributed by atoms with Crippen molar-refractivity contribution in [2.45, 2.75) is 32.6 Å². The maximum Gasteiger partial charge on any atom is 0.253 e. The second kappa shape index (κ2) is 9.68. The molecule has 1 saturated heterocycles. The van der Waals surface area contributed by atoms with Gasteiger partial charge in [0.25, 0.3) is 5.91 Å². The lowest BCUT2D eigenvalue weighted by Gasteiger charge is -2.32. The molecule has 7 heteroatoms. The summed E-state index contributed by atoms with van der Waals surface area (Å²) in [7, 11) is 1.61. The molecule has 150 valence electrons. The summed E-state index contributed by atoms with van der Waals surface area (Å²) in [6.07, 6.45) is 3.07. The van der Waals surface area contributed by atoms with E-state index in [-0.39, 0.29) is 11.8 Å². The molecule has 6 nitrogen and oxygen atoms in total. The summed E-state index contributed by atoms with van der Waals surface area (Å²) >= 11 is 1.61. The van der Waals surface area contributed by atoms with Crippen LogP contribution in [0.25, 0.3) is 0 Å². The number of benzene rings is 1. The monoisotopic (exact) mass is 401 g/mol. The van der Waals surface area contributed by atoms with Crippen molar-refractivity contribution in [3.8, 4) is 5.75 Å². The Bertz CT molecular complexity index is 795. The van der Waals surface area contributed by atoms with Gasteiger partial charge in [-0.2, -0.15) is 0 Å². The van der Waals surface area contributed by atoms with Gasteiger partial charge in [0.2, 0.25) is 5.91 Å². The second-order valence-electron chi connectivity index (χ2n) is 7.13. The van der Waals surface area contributed by atoms with Crippen molar-refractivity contribution < 1.29 is 14.3 Å². The molecule has 0 bridgehead atoms. The van der Waals surface area contributed by atoms with Crippen molar-refractivity contribution >= 4 is 23.2 Å². The number of amides is 2. The molecule has 2 aromatic rings. The number of hydrogen-bond donors (Lipinski definition) is 1. The van der Waals surface area contributed by atoms with E-state index >= 15 is 0 Å². The smallest absolute Gasteiger partial charge is 0.253 e. The van der Waals surface area contributed by atoms with Gasteiger partial charge in [-0.25, -0.2) is 4.98 Å². The molecular formula is C21H27N3O3S. The summed E-state index contributed by atoms with van der Waals surface area (Å²) in [5.41, 5.74) is 3.53. The SMILES string of the molecule is COc1ccc(C(=O)N2CCC(CNC(=O)CCc3scnc3C)CC2)cc1. The first kappa shape index (κ1) is 20.3. The van der Waals surface area contributed by atoms with Crippen LogP contribution in [0.1, 0.15) is 40.2 Å². The quantitative estimate of drug-likeness (QED) is 0.774. The molecule has 1 aromatic carbocycles. The molecule has 2 amide bonds.